The maximum Gasteiger partial charge on any atom is 0.0651 e. The van der Waals surface area contributed by atoms with Gasteiger partial charge in [0.2, 0.25) is 0 Å². The molecule has 0 aliphatic rings. The topological polar surface area (TPSA) is 40.7 Å². The third-order valence-corrected chi connectivity index (χ3v) is 3.71. The number of hydrogen-bond acceptors (Lipinski definition) is 2. The van der Waals surface area contributed by atoms with E-state index in [1.807, 2.05) is 6.07 Å². The Hall–Kier alpha value is -1.04. The van der Waals surface area contributed by atoms with Gasteiger partial charge in [0.05, 0.1) is 11.7 Å². The van der Waals surface area contributed by atoms with Gasteiger partial charge in [-0.05, 0) is 60.2 Å². The van der Waals surface area contributed by atoms with E-state index in [1.165, 1.54) is 9.13 Å². The summed E-state index contributed by atoms with van der Waals surface area (Å²) >= 11 is 2.35. The minimum atomic E-state index is 0.237. The number of benzene rings is 1. The van der Waals surface area contributed by atoms with Crippen molar-refractivity contribution in [1.82, 2.24) is 10.2 Å². The average Bonchev–Trinajstić information content (AvgIpc) is 2.77. The zero-order chi connectivity index (χ0) is 11.5. The zero-order valence-electron chi connectivity index (χ0n) is 9.29. The molecule has 0 radical (unpaired) electrons. The van der Waals surface area contributed by atoms with Crippen molar-refractivity contribution in [3.05, 3.63) is 45.3 Å². The monoisotopic (exact) mass is 327 g/mol. The molecule has 16 heavy (non-hydrogen) atoms. The fourth-order valence-electron chi connectivity index (χ4n) is 1.52. The van der Waals surface area contributed by atoms with E-state index >= 15 is 0 Å². The van der Waals surface area contributed by atoms with E-state index in [9.17, 15) is 0 Å². The van der Waals surface area contributed by atoms with Gasteiger partial charge in [-0.25, -0.2) is 0 Å². The highest BCUT2D eigenvalue weighted by Crippen LogP contribution is 2.21. The number of aromatic amines is 1. The van der Waals surface area contributed by atoms with Crippen LogP contribution in [-0.2, 0) is 0 Å². The summed E-state index contributed by atoms with van der Waals surface area (Å²) in [6.45, 7) is 4.23. The van der Waals surface area contributed by atoms with Crippen LogP contribution in [0.25, 0.3) is 0 Å². The highest BCUT2D eigenvalue weighted by atomic mass is 127. The molecule has 1 heterocycles. The number of anilines is 1. The first-order chi connectivity index (χ1) is 7.66. The van der Waals surface area contributed by atoms with Crippen LogP contribution >= 0.6 is 22.6 Å². The minimum absolute atomic E-state index is 0.237. The number of rotatable bonds is 3. The number of nitrogens with zero attached hydrogens (tertiary/aromatic N) is 1. The number of nitrogens with one attached hydrogen (secondary N) is 2. The van der Waals surface area contributed by atoms with E-state index in [4.69, 9.17) is 0 Å². The first-order valence-electron chi connectivity index (χ1n) is 5.19. The van der Waals surface area contributed by atoms with Gasteiger partial charge in [-0.15, -0.1) is 0 Å². The van der Waals surface area contributed by atoms with Gasteiger partial charge >= 0.3 is 0 Å². The summed E-state index contributed by atoms with van der Waals surface area (Å²) in [6, 6.07) is 8.61. The summed E-state index contributed by atoms with van der Waals surface area (Å²) in [6.07, 6.45) is 1.77. The number of hydrogen-bond donors (Lipinski definition) is 2. The summed E-state index contributed by atoms with van der Waals surface area (Å²) in [5, 5.41) is 10.4. The van der Waals surface area contributed by atoms with Crippen LogP contribution < -0.4 is 5.32 Å². The summed E-state index contributed by atoms with van der Waals surface area (Å²) < 4.78 is 1.28. The van der Waals surface area contributed by atoms with E-state index in [1.54, 1.807) is 6.20 Å². The van der Waals surface area contributed by atoms with Crippen molar-refractivity contribution in [3.8, 4) is 0 Å². The Kier molecular flexibility index (Phi) is 3.48. The molecule has 1 unspecified atom stereocenters. The Bertz CT molecular complexity index is 465. The number of H-pyrrole nitrogens is 1. The predicted molar refractivity (Wildman–Crippen MR) is 74.5 cm³/mol. The van der Waals surface area contributed by atoms with Crippen LogP contribution in [0.5, 0.6) is 0 Å². The molecular formula is C12H14IN3. The molecule has 84 valence electrons. The number of aryl methyl sites for hydroxylation is 1. The lowest BCUT2D eigenvalue weighted by atomic mass is 10.2. The smallest absolute Gasteiger partial charge is 0.0651 e. The maximum absolute atomic E-state index is 3.95. The molecule has 1 aromatic heterocycles. The average molecular weight is 327 g/mol. The van der Waals surface area contributed by atoms with Crippen molar-refractivity contribution < 1.29 is 0 Å². The molecule has 0 bridgehead atoms. The fourth-order valence-corrected chi connectivity index (χ4v) is 2.03. The summed E-state index contributed by atoms with van der Waals surface area (Å²) in [7, 11) is 0. The van der Waals surface area contributed by atoms with Crippen molar-refractivity contribution >= 4 is 28.3 Å². The zero-order valence-corrected chi connectivity index (χ0v) is 11.4. The van der Waals surface area contributed by atoms with Crippen molar-refractivity contribution in [2.24, 2.45) is 0 Å². The molecule has 0 amide bonds. The fraction of sp³-hybridized carbons (Fsp3) is 0.250. The first-order valence-corrected chi connectivity index (χ1v) is 6.26. The van der Waals surface area contributed by atoms with Crippen LogP contribution in [-0.4, -0.2) is 10.2 Å². The third kappa shape index (κ3) is 2.55. The second-order valence-corrected chi connectivity index (χ2v) is 5.00. The molecule has 0 saturated heterocycles. The number of halogens is 1. The lowest BCUT2D eigenvalue weighted by Gasteiger charge is -2.14. The van der Waals surface area contributed by atoms with Gasteiger partial charge in [-0.1, -0.05) is 6.07 Å². The van der Waals surface area contributed by atoms with Gasteiger partial charge < -0.3 is 5.32 Å². The Balaban J connectivity index is 2.12. The molecule has 0 aliphatic carbocycles. The Morgan fingerprint density at radius 3 is 2.81 bits per heavy atom. The van der Waals surface area contributed by atoms with Crippen LogP contribution in [0.1, 0.15) is 24.2 Å². The quantitative estimate of drug-likeness (QED) is 0.847. The predicted octanol–water partition coefficient (Wildman–Crippen LogP) is 3.50. The Labute approximate surface area is 109 Å². The molecule has 2 N–H and O–H groups in total. The van der Waals surface area contributed by atoms with E-state index in [2.05, 4.69) is 70.2 Å². The molecule has 0 spiro atoms. The second-order valence-electron chi connectivity index (χ2n) is 3.84. The Morgan fingerprint density at radius 1 is 1.38 bits per heavy atom. The lowest BCUT2D eigenvalue weighted by Crippen LogP contribution is -2.07. The molecule has 0 saturated carbocycles. The summed E-state index contributed by atoms with van der Waals surface area (Å²) in [4.78, 5) is 0. The van der Waals surface area contributed by atoms with Gasteiger partial charge in [0.15, 0.2) is 0 Å². The normalized spacial score (nSPS) is 12.4. The maximum atomic E-state index is 3.95. The standard InChI is InChI=1S/C12H14IN3/c1-8-3-4-10(7-11(8)13)15-9(2)12-5-6-14-16-12/h3-7,9,15H,1-2H3,(H,14,16). The van der Waals surface area contributed by atoms with Crippen LogP contribution in [0.15, 0.2) is 30.5 Å². The highest BCUT2D eigenvalue weighted by Gasteiger charge is 2.06. The van der Waals surface area contributed by atoms with Crippen molar-refractivity contribution in [3.63, 3.8) is 0 Å². The molecule has 2 aromatic rings. The molecule has 3 nitrogen and oxygen atoms in total. The van der Waals surface area contributed by atoms with Crippen LogP contribution in [0.3, 0.4) is 0 Å². The molecule has 2 rings (SSSR count). The van der Waals surface area contributed by atoms with E-state index in [0.717, 1.165) is 11.4 Å². The van der Waals surface area contributed by atoms with Gasteiger partial charge in [-0.2, -0.15) is 5.10 Å². The Morgan fingerprint density at radius 2 is 2.19 bits per heavy atom. The molecule has 4 heteroatoms. The molecule has 1 aromatic carbocycles. The molecular weight excluding hydrogens is 313 g/mol. The molecule has 0 fully saturated rings. The largest absolute Gasteiger partial charge is 0.377 e. The summed E-state index contributed by atoms with van der Waals surface area (Å²) in [5.74, 6) is 0. The van der Waals surface area contributed by atoms with Crippen molar-refractivity contribution in [2.75, 3.05) is 5.32 Å². The number of aromatic nitrogens is 2. The molecule has 1 atom stereocenters. The highest BCUT2D eigenvalue weighted by molar-refractivity contribution is 14.1. The van der Waals surface area contributed by atoms with Crippen LogP contribution in [0.2, 0.25) is 0 Å². The second kappa shape index (κ2) is 4.86. The van der Waals surface area contributed by atoms with Gasteiger partial charge in [0, 0.05) is 15.5 Å². The SMILES string of the molecule is Cc1ccc(NC(C)c2ccn[nH]2)cc1I. The van der Waals surface area contributed by atoms with Crippen molar-refractivity contribution in [2.45, 2.75) is 19.9 Å². The molecule has 0 aliphatic heterocycles. The van der Waals surface area contributed by atoms with Gasteiger partial charge in [0.25, 0.3) is 0 Å². The van der Waals surface area contributed by atoms with Crippen molar-refractivity contribution in [1.29, 1.82) is 0 Å². The van der Waals surface area contributed by atoms with Gasteiger partial charge in [0.1, 0.15) is 0 Å². The van der Waals surface area contributed by atoms with Gasteiger partial charge in [-0.3, -0.25) is 5.10 Å². The lowest BCUT2D eigenvalue weighted by molar-refractivity contribution is 0.825. The first kappa shape index (κ1) is 11.4. The summed E-state index contributed by atoms with van der Waals surface area (Å²) in [5.41, 5.74) is 3.54. The minimum Gasteiger partial charge on any atom is -0.377 e. The van der Waals surface area contributed by atoms with E-state index < -0.39 is 0 Å². The van der Waals surface area contributed by atoms with E-state index in [0.29, 0.717) is 0 Å². The van der Waals surface area contributed by atoms with E-state index in [-0.39, 0.29) is 6.04 Å². The van der Waals surface area contributed by atoms with Crippen LogP contribution in [0.4, 0.5) is 5.69 Å². The third-order valence-electron chi connectivity index (χ3n) is 2.54. The van der Waals surface area contributed by atoms with Crippen LogP contribution in [0, 0.1) is 10.5 Å².